The number of nitrogens with zero attached hydrogens (tertiary/aromatic N) is 2. The summed E-state index contributed by atoms with van der Waals surface area (Å²) < 4.78 is 18.3. The van der Waals surface area contributed by atoms with E-state index in [4.69, 9.17) is 8.83 Å². The summed E-state index contributed by atoms with van der Waals surface area (Å²) in [5.41, 5.74) is 17.1. The molecule has 14 aromatic rings. The summed E-state index contributed by atoms with van der Waals surface area (Å²) in [4.78, 5) is 0. The summed E-state index contributed by atoms with van der Waals surface area (Å²) in [6.45, 7) is 0. The highest BCUT2D eigenvalue weighted by molar-refractivity contribution is 6.26. The van der Waals surface area contributed by atoms with Gasteiger partial charge in [0.25, 0.3) is 0 Å². The van der Waals surface area contributed by atoms with Crippen molar-refractivity contribution in [2.75, 3.05) is 0 Å². The molecule has 0 aliphatic carbocycles. The summed E-state index contributed by atoms with van der Waals surface area (Å²) in [5, 5.41) is 9.19. The molecule has 0 saturated heterocycles. The molecule has 4 aromatic heterocycles. The Bertz CT molecular complexity index is 4170. The molecule has 4 nitrogen and oxygen atoms in total. The van der Waals surface area contributed by atoms with Gasteiger partial charge in [-0.15, -0.1) is 0 Å². The molecule has 4 heterocycles. The Morgan fingerprint density at radius 2 is 0.828 bits per heavy atom. The van der Waals surface area contributed by atoms with E-state index in [1.54, 1.807) is 0 Å². The van der Waals surface area contributed by atoms with Gasteiger partial charge in [0.15, 0.2) is 0 Å². The minimum absolute atomic E-state index is 0.843. The smallest absolute Gasteiger partial charge is 0.143 e. The van der Waals surface area contributed by atoms with E-state index in [1.807, 2.05) is 12.1 Å². The molecule has 64 heavy (non-hydrogen) atoms. The number of furan rings is 2. The first-order chi connectivity index (χ1) is 31.7. The fourth-order valence-electron chi connectivity index (χ4n) is 10.4. The molecular formula is C60H36N2O2. The van der Waals surface area contributed by atoms with Crippen molar-refractivity contribution in [2.24, 2.45) is 0 Å². The van der Waals surface area contributed by atoms with Crippen molar-refractivity contribution in [3.8, 4) is 44.8 Å². The molecule has 0 amide bonds. The van der Waals surface area contributed by atoms with Crippen LogP contribution >= 0.6 is 0 Å². The highest BCUT2D eigenvalue weighted by atomic mass is 16.3. The Balaban J connectivity index is 1.03. The van der Waals surface area contributed by atoms with E-state index in [-0.39, 0.29) is 0 Å². The maximum atomic E-state index is 6.84. The van der Waals surface area contributed by atoms with E-state index in [1.165, 1.54) is 54.8 Å². The van der Waals surface area contributed by atoms with Crippen molar-refractivity contribution in [3.63, 3.8) is 0 Å². The molecule has 4 heteroatoms. The van der Waals surface area contributed by atoms with Crippen LogP contribution < -0.4 is 0 Å². The molecule has 10 aromatic carbocycles. The van der Waals surface area contributed by atoms with Crippen LogP contribution in [-0.4, -0.2) is 9.13 Å². The topological polar surface area (TPSA) is 36.1 Å². The number of para-hydroxylation sites is 4. The average Bonchev–Trinajstić information content (AvgIpc) is 4.12. The molecule has 0 spiro atoms. The van der Waals surface area contributed by atoms with Gasteiger partial charge in [0, 0.05) is 65.6 Å². The SMILES string of the molecule is c1ccc(-c2ccc(-n3c4ccccc4c4c3ccc3c5cc(-c6ccccc6)ccc5n(-c5ccc6oc7c(-c8cccc9c8oc8ccccc89)cccc7c6c5)c34)cc2)cc1. The van der Waals surface area contributed by atoms with Crippen LogP contribution in [0, 0.1) is 0 Å². The average molecular weight is 817 g/mol. The van der Waals surface area contributed by atoms with Crippen molar-refractivity contribution < 1.29 is 8.83 Å². The van der Waals surface area contributed by atoms with Gasteiger partial charge in [0.2, 0.25) is 0 Å². The van der Waals surface area contributed by atoms with Gasteiger partial charge >= 0.3 is 0 Å². The number of aromatic nitrogens is 2. The molecule has 0 saturated carbocycles. The van der Waals surface area contributed by atoms with E-state index in [2.05, 4.69) is 215 Å². The van der Waals surface area contributed by atoms with E-state index >= 15 is 0 Å². The van der Waals surface area contributed by atoms with Crippen LogP contribution in [0.4, 0.5) is 0 Å². The first-order valence-electron chi connectivity index (χ1n) is 21.8. The van der Waals surface area contributed by atoms with Crippen LogP contribution in [0.5, 0.6) is 0 Å². The van der Waals surface area contributed by atoms with E-state index < -0.39 is 0 Å². The van der Waals surface area contributed by atoms with Gasteiger partial charge in [-0.1, -0.05) is 158 Å². The van der Waals surface area contributed by atoms with Crippen molar-refractivity contribution in [2.45, 2.75) is 0 Å². The fraction of sp³-hybridized carbons (Fsp3) is 0. The van der Waals surface area contributed by atoms with Crippen molar-refractivity contribution in [1.82, 2.24) is 9.13 Å². The third-order valence-electron chi connectivity index (χ3n) is 13.3. The molecule has 0 bridgehead atoms. The molecular weight excluding hydrogens is 781 g/mol. The van der Waals surface area contributed by atoms with Crippen LogP contribution in [-0.2, 0) is 0 Å². The van der Waals surface area contributed by atoms with Crippen molar-refractivity contribution in [3.05, 3.63) is 218 Å². The lowest BCUT2D eigenvalue weighted by atomic mass is 10.00. The van der Waals surface area contributed by atoms with Crippen LogP contribution in [0.15, 0.2) is 227 Å². The van der Waals surface area contributed by atoms with E-state index in [0.29, 0.717) is 0 Å². The molecule has 0 N–H and O–H groups in total. The maximum absolute atomic E-state index is 6.84. The van der Waals surface area contributed by atoms with Gasteiger partial charge in [-0.2, -0.15) is 0 Å². The van der Waals surface area contributed by atoms with Gasteiger partial charge in [0.1, 0.15) is 22.3 Å². The lowest BCUT2D eigenvalue weighted by Crippen LogP contribution is -1.95. The Hall–Kier alpha value is -8.60. The quantitative estimate of drug-likeness (QED) is 0.173. The summed E-state index contributed by atoms with van der Waals surface area (Å²) in [6.07, 6.45) is 0. The number of rotatable bonds is 5. The van der Waals surface area contributed by atoms with Gasteiger partial charge < -0.3 is 18.0 Å². The third-order valence-corrected chi connectivity index (χ3v) is 13.3. The predicted octanol–water partition coefficient (Wildman–Crippen LogP) is 16.7. The summed E-state index contributed by atoms with van der Waals surface area (Å²) in [6, 6.07) is 78.4. The Labute approximate surface area is 367 Å². The molecule has 298 valence electrons. The minimum Gasteiger partial charge on any atom is -0.455 e. The standard InChI is InChI=1S/C60H36N2O2/c1-3-13-37(14-4-1)39-25-28-41(29-26-39)61-52-23-9-7-18-49(52)57-54(61)33-31-44-50-35-40(38-15-5-2-6-16-38)27-32-53(50)62(58(44)57)42-30-34-56-51(36-42)48-22-12-21-47(60(48)64-56)46-20-11-19-45-43-17-8-10-24-55(43)63-59(45)46/h1-36H. The first kappa shape index (κ1) is 35.0. The highest BCUT2D eigenvalue weighted by Gasteiger charge is 2.23. The number of fused-ring (bicyclic) bond motifs is 13. The summed E-state index contributed by atoms with van der Waals surface area (Å²) in [5.74, 6) is 0. The molecule has 14 rings (SSSR count). The summed E-state index contributed by atoms with van der Waals surface area (Å²) >= 11 is 0. The Kier molecular flexibility index (Phi) is 7.36. The van der Waals surface area contributed by atoms with Gasteiger partial charge in [0.05, 0.1) is 22.1 Å². The van der Waals surface area contributed by atoms with Gasteiger partial charge in [-0.25, -0.2) is 0 Å². The second-order valence-electron chi connectivity index (χ2n) is 16.8. The van der Waals surface area contributed by atoms with Gasteiger partial charge in [-0.3, -0.25) is 0 Å². The molecule has 0 aliphatic heterocycles. The van der Waals surface area contributed by atoms with E-state index in [0.717, 1.165) is 77.4 Å². The number of hydrogen-bond donors (Lipinski definition) is 0. The first-order valence-corrected chi connectivity index (χ1v) is 21.8. The van der Waals surface area contributed by atoms with Gasteiger partial charge in [-0.05, 0) is 82.9 Å². The zero-order chi connectivity index (χ0) is 41.9. The molecule has 0 atom stereocenters. The fourth-order valence-corrected chi connectivity index (χ4v) is 10.4. The summed E-state index contributed by atoms with van der Waals surface area (Å²) in [7, 11) is 0. The molecule has 0 radical (unpaired) electrons. The lowest BCUT2D eigenvalue weighted by Gasteiger charge is -2.11. The van der Waals surface area contributed by atoms with Crippen LogP contribution in [0.3, 0.4) is 0 Å². The second-order valence-corrected chi connectivity index (χ2v) is 16.8. The largest absolute Gasteiger partial charge is 0.455 e. The Morgan fingerprint density at radius 1 is 0.281 bits per heavy atom. The highest BCUT2D eigenvalue weighted by Crippen LogP contribution is 2.45. The molecule has 0 fully saturated rings. The molecule has 0 aliphatic rings. The lowest BCUT2D eigenvalue weighted by molar-refractivity contribution is 0.665. The van der Waals surface area contributed by atoms with Crippen molar-refractivity contribution in [1.29, 1.82) is 0 Å². The van der Waals surface area contributed by atoms with Crippen molar-refractivity contribution >= 4 is 87.5 Å². The second kappa shape index (κ2) is 13.4. The third kappa shape index (κ3) is 5.05. The number of hydrogen-bond acceptors (Lipinski definition) is 2. The van der Waals surface area contributed by atoms with Crippen LogP contribution in [0.1, 0.15) is 0 Å². The molecule has 0 unspecified atom stereocenters. The monoisotopic (exact) mass is 816 g/mol. The predicted molar refractivity (Wildman–Crippen MR) is 266 cm³/mol. The van der Waals surface area contributed by atoms with Crippen LogP contribution in [0.25, 0.3) is 132 Å². The minimum atomic E-state index is 0.843. The normalized spacial score (nSPS) is 12.1. The van der Waals surface area contributed by atoms with E-state index in [9.17, 15) is 0 Å². The van der Waals surface area contributed by atoms with Crippen LogP contribution in [0.2, 0.25) is 0 Å². The maximum Gasteiger partial charge on any atom is 0.143 e. The zero-order valence-electron chi connectivity index (χ0n) is 34.5. The Morgan fingerprint density at radius 3 is 1.58 bits per heavy atom. The number of benzene rings is 10. The zero-order valence-corrected chi connectivity index (χ0v) is 34.5.